The van der Waals surface area contributed by atoms with Crippen LogP contribution in [0.5, 0.6) is 0 Å². The molecule has 1 aromatic rings. The zero-order valence-electron chi connectivity index (χ0n) is 19.0. The molecule has 0 N–H and O–H groups in total. The number of methoxy groups -OCH3 is 1. The van der Waals surface area contributed by atoms with Crippen molar-refractivity contribution in [2.75, 3.05) is 7.11 Å². The van der Waals surface area contributed by atoms with Gasteiger partial charge in [-0.2, -0.15) is 0 Å². The van der Waals surface area contributed by atoms with Crippen molar-refractivity contribution in [3.05, 3.63) is 17.5 Å². The maximum Gasteiger partial charge on any atom is 0.306 e. The maximum atomic E-state index is 12.3. The Balaban J connectivity index is 2.01. The maximum absolute atomic E-state index is 12.3. The average Bonchev–Trinajstić information content (AvgIpc) is 3.00. The van der Waals surface area contributed by atoms with Gasteiger partial charge in [-0.05, 0) is 57.8 Å². The number of nitrogens with zero attached hydrogens (tertiary/aromatic N) is 1. The van der Waals surface area contributed by atoms with Gasteiger partial charge in [0.2, 0.25) is 0 Å². The zero-order valence-corrected chi connectivity index (χ0v) is 19.0. The van der Waals surface area contributed by atoms with E-state index in [4.69, 9.17) is 14.0 Å². The lowest BCUT2D eigenvalue weighted by Gasteiger charge is -2.37. The predicted molar refractivity (Wildman–Crippen MR) is 110 cm³/mol. The summed E-state index contributed by atoms with van der Waals surface area (Å²) in [6.45, 7) is 12.3. The topological polar surface area (TPSA) is 78.6 Å². The van der Waals surface area contributed by atoms with E-state index in [1.165, 1.54) is 13.5 Å². The molecule has 1 unspecified atom stereocenters. The molecule has 1 fully saturated rings. The first-order chi connectivity index (χ1) is 13.4. The lowest BCUT2D eigenvalue weighted by Crippen LogP contribution is -2.26. The molecule has 0 aliphatic heterocycles. The van der Waals surface area contributed by atoms with Crippen molar-refractivity contribution in [1.29, 1.82) is 0 Å². The third kappa shape index (κ3) is 7.82. The molecule has 0 amide bonds. The van der Waals surface area contributed by atoms with Gasteiger partial charge in [0.25, 0.3) is 0 Å². The van der Waals surface area contributed by atoms with Gasteiger partial charge in [-0.1, -0.05) is 25.9 Å². The zero-order chi connectivity index (χ0) is 21.8. The van der Waals surface area contributed by atoms with Gasteiger partial charge >= 0.3 is 11.9 Å². The van der Waals surface area contributed by atoms with Crippen LogP contribution in [0.3, 0.4) is 0 Å². The van der Waals surface area contributed by atoms with Crippen LogP contribution in [-0.2, 0) is 19.1 Å². The molecule has 1 aromatic heterocycles. The summed E-state index contributed by atoms with van der Waals surface area (Å²) in [6.07, 6.45) is 4.30. The second-order valence-corrected chi connectivity index (χ2v) is 10.6. The standard InChI is InChI=1S/C23H37NO5/c1-22(2,3)14-15-10-17(11-15)19-13-18(24-29-19)16(8-9-20(25)27-7)12-21(26)28-23(4,5)6/h13,15-17H,8-12,14H2,1-7H3. The molecular weight excluding hydrogens is 370 g/mol. The van der Waals surface area contributed by atoms with Gasteiger partial charge < -0.3 is 14.0 Å². The highest BCUT2D eigenvalue weighted by molar-refractivity contribution is 5.72. The summed E-state index contributed by atoms with van der Waals surface area (Å²) in [5, 5.41) is 4.24. The number of hydrogen-bond donors (Lipinski definition) is 0. The quantitative estimate of drug-likeness (QED) is 0.539. The number of ether oxygens (including phenoxy) is 2. The SMILES string of the molecule is COC(=O)CCC(CC(=O)OC(C)(C)C)c1cc(C2CC(CC(C)(C)C)C2)on1. The summed E-state index contributed by atoms with van der Waals surface area (Å²) in [5.74, 6) is 1.18. The molecule has 1 saturated carbocycles. The number of carbonyl (C=O) groups is 2. The first-order valence-corrected chi connectivity index (χ1v) is 10.6. The Hall–Kier alpha value is -1.85. The van der Waals surface area contributed by atoms with Crippen molar-refractivity contribution in [3.63, 3.8) is 0 Å². The monoisotopic (exact) mass is 407 g/mol. The summed E-state index contributed by atoms with van der Waals surface area (Å²) < 4.78 is 15.8. The van der Waals surface area contributed by atoms with Crippen molar-refractivity contribution in [1.82, 2.24) is 5.16 Å². The van der Waals surface area contributed by atoms with Crippen LogP contribution < -0.4 is 0 Å². The van der Waals surface area contributed by atoms with Crippen molar-refractivity contribution in [2.45, 2.75) is 97.5 Å². The number of hydrogen-bond acceptors (Lipinski definition) is 6. The van der Waals surface area contributed by atoms with Gasteiger partial charge in [0.15, 0.2) is 0 Å². The molecule has 1 heterocycles. The first kappa shape index (κ1) is 23.4. The van der Waals surface area contributed by atoms with Gasteiger partial charge in [0.05, 0.1) is 19.2 Å². The highest BCUT2D eigenvalue weighted by Crippen LogP contribution is 2.47. The molecule has 6 heteroatoms. The molecule has 0 bridgehead atoms. The summed E-state index contributed by atoms with van der Waals surface area (Å²) in [4.78, 5) is 23.9. The molecule has 0 spiro atoms. The smallest absolute Gasteiger partial charge is 0.306 e. The third-order valence-corrected chi connectivity index (χ3v) is 5.26. The molecule has 1 aliphatic rings. The molecule has 164 valence electrons. The minimum absolute atomic E-state index is 0.164. The van der Waals surface area contributed by atoms with E-state index in [1.807, 2.05) is 26.8 Å². The van der Waals surface area contributed by atoms with E-state index in [0.29, 0.717) is 23.4 Å². The van der Waals surface area contributed by atoms with E-state index in [-0.39, 0.29) is 30.7 Å². The molecular formula is C23H37NO5. The Kier molecular flexibility index (Phi) is 7.52. The van der Waals surface area contributed by atoms with Crippen molar-refractivity contribution in [2.24, 2.45) is 11.3 Å². The van der Waals surface area contributed by atoms with E-state index in [2.05, 4.69) is 25.9 Å². The van der Waals surface area contributed by atoms with E-state index >= 15 is 0 Å². The van der Waals surface area contributed by atoms with Crippen LogP contribution in [0.1, 0.15) is 103 Å². The van der Waals surface area contributed by atoms with Crippen LogP contribution in [0, 0.1) is 11.3 Å². The predicted octanol–water partition coefficient (Wildman–Crippen LogP) is 5.37. The van der Waals surface area contributed by atoms with E-state index in [9.17, 15) is 9.59 Å². The van der Waals surface area contributed by atoms with E-state index < -0.39 is 5.60 Å². The molecule has 1 atom stereocenters. The Morgan fingerprint density at radius 2 is 1.83 bits per heavy atom. The van der Waals surface area contributed by atoms with Gasteiger partial charge in [-0.25, -0.2) is 0 Å². The summed E-state index contributed by atoms with van der Waals surface area (Å²) >= 11 is 0. The molecule has 6 nitrogen and oxygen atoms in total. The summed E-state index contributed by atoms with van der Waals surface area (Å²) in [5.41, 5.74) is 0.510. The van der Waals surface area contributed by atoms with Gasteiger partial charge in [0, 0.05) is 24.3 Å². The van der Waals surface area contributed by atoms with Crippen LogP contribution >= 0.6 is 0 Å². The number of esters is 2. The minimum Gasteiger partial charge on any atom is -0.469 e. The summed E-state index contributed by atoms with van der Waals surface area (Å²) in [6, 6.07) is 1.96. The normalized spacial score (nSPS) is 20.7. The summed E-state index contributed by atoms with van der Waals surface area (Å²) in [7, 11) is 1.37. The highest BCUT2D eigenvalue weighted by Gasteiger charge is 2.36. The average molecular weight is 408 g/mol. The largest absolute Gasteiger partial charge is 0.469 e. The molecule has 0 saturated heterocycles. The first-order valence-electron chi connectivity index (χ1n) is 10.6. The third-order valence-electron chi connectivity index (χ3n) is 5.26. The Bertz CT molecular complexity index is 689. The minimum atomic E-state index is -0.549. The lowest BCUT2D eigenvalue weighted by atomic mass is 9.67. The van der Waals surface area contributed by atoms with E-state index in [0.717, 1.165) is 24.5 Å². The number of aromatic nitrogens is 1. The second kappa shape index (κ2) is 9.31. The van der Waals surface area contributed by atoms with Crippen LogP contribution in [0.2, 0.25) is 0 Å². The van der Waals surface area contributed by atoms with Gasteiger partial charge in [-0.15, -0.1) is 0 Å². The van der Waals surface area contributed by atoms with E-state index in [1.54, 1.807) is 0 Å². The van der Waals surface area contributed by atoms with Crippen molar-refractivity contribution < 1.29 is 23.6 Å². The Morgan fingerprint density at radius 3 is 2.38 bits per heavy atom. The van der Waals surface area contributed by atoms with Crippen LogP contribution in [0.15, 0.2) is 10.6 Å². The molecule has 0 aromatic carbocycles. The molecule has 0 radical (unpaired) electrons. The Labute approximate surface area is 174 Å². The van der Waals surface area contributed by atoms with Crippen LogP contribution in [0.25, 0.3) is 0 Å². The van der Waals surface area contributed by atoms with Crippen molar-refractivity contribution in [3.8, 4) is 0 Å². The fourth-order valence-electron chi connectivity index (χ4n) is 4.02. The Morgan fingerprint density at radius 1 is 1.17 bits per heavy atom. The van der Waals surface area contributed by atoms with Crippen molar-refractivity contribution >= 4 is 11.9 Å². The fourth-order valence-corrected chi connectivity index (χ4v) is 4.02. The van der Waals surface area contributed by atoms with Gasteiger partial charge in [0.1, 0.15) is 11.4 Å². The second-order valence-electron chi connectivity index (χ2n) is 10.6. The molecule has 1 aliphatic carbocycles. The number of rotatable bonds is 8. The highest BCUT2D eigenvalue weighted by atomic mass is 16.6. The molecule has 2 rings (SSSR count). The number of carbonyl (C=O) groups excluding carboxylic acids is 2. The lowest BCUT2D eigenvalue weighted by molar-refractivity contribution is -0.155. The van der Waals surface area contributed by atoms with Gasteiger partial charge in [-0.3, -0.25) is 9.59 Å². The molecule has 29 heavy (non-hydrogen) atoms. The van der Waals surface area contributed by atoms with Crippen LogP contribution in [0.4, 0.5) is 0 Å². The fraction of sp³-hybridized carbons (Fsp3) is 0.783. The van der Waals surface area contributed by atoms with Crippen LogP contribution in [-0.4, -0.2) is 29.8 Å².